The first-order valence-electron chi connectivity index (χ1n) is 7.79. The standard InChI is InChI=1S/C15H25N5O2/c1-3-4-11-8-20(14(22)5-6-21)9-12(11)18-13-7-10(2)17-15(16)19-13/h7,11-12,21H,3-6,8-9H2,1-2H3,(H3,16,17,18,19)/t11-,12-/m1/s1. The number of anilines is 2. The zero-order chi connectivity index (χ0) is 16.1. The molecule has 1 saturated heterocycles. The summed E-state index contributed by atoms with van der Waals surface area (Å²) in [6, 6.07) is 2.01. The number of hydrogen-bond donors (Lipinski definition) is 3. The number of nitrogens with one attached hydrogen (secondary N) is 1. The summed E-state index contributed by atoms with van der Waals surface area (Å²) >= 11 is 0. The SMILES string of the molecule is CCC[C@@H]1CN(C(=O)CCO)C[C@H]1Nc1cc(C)nc(N)n1. The molecule has 0 unspecified atom stereocenters. The van der Waals surface area contributed by atoms with E-state index in [0.717, 1.165) is 25.1 Å². The van der Waals surface area contributed by atoms with Crippen LogP contribution in [-0.4, -0.2) is 51.6 Å². The number of nitrogen functional groups attached to an aromatic ring is 1. The van der Waals surface area contributed by atoms with Gasteiger partial charge in [-0.25, -0.2) is 4.98 Å². The summed E-state index contributed by atoms with van der Waals surface area (Å²) in [5, 5.41) is 12.3. The number of carbonyl (C=O) groups excluding carboxylic acids is 1. The predicted octanol–water partition coefficient (Wildman–Crippen LogP) is 0.789. The van der Waals surface area contributed by atoms with E-state index in [1.165, 1.54) is 0 Å². The molecule has 2 atom stereocenters. The third kappa shape index (κ3) is 4.07. The predicted molar refractivity (Wildman–Crippen MR) is 85.3 cm³/mol. The quantitative estimate of drug-likeness (QED) is 0.717. The Morgan fingerprint density at radius 2 is 2.27 bits per heavy atom. The molecule has 4 N–H and O–H groups in total. The number of carbonyl (C=O) groups is 1. The number of hydrogen-bond acceptors (Lipinski definition) is 6. The van der Waals surface area contributed by atoms with Crippen molar-refractivity contribution < 1.29 is 9.90 Å². The van der Waals surface area contributed by atoms with E-state index in [0.29, 0.717) is 18.3 Å². The molecule has 122 valence electrons. The topological polar surface area (TPSA) is 104 Å². The maximum absolute atomic E-state index is 12.0. The van der Waals surface area contributed by atoms with Crippen molar-refractivity contribution in [2.45, 2.75) is 39.2 Å². The highest BCUT2D eigenvalue weighted by atomic mass is 16.3. The molecule has 0 aliphatic carbocycles. The number of aromatic nitrogens is 2. The van der Waals surface area contributed by atoms with Gasteiger partial charge in [0.2, 0.25) is 11.9 Å². The number of aliphatic hydroxyl groups excluding tert-OH is 1. The van der Waals surface area contributed by atoms with Crippen LogP contribution in [0.5, 0.6) is 0 Å². The number of nitrogens with zero attached hydrogens (tertiary/aromatic N) is 3. The van der Waals surface area contributed by atoms with E-state index in [9.17, 15) is 4.79 Å². The summed E-state index contributed by atoms with van der Waals surface area (Å²) in [6.07, 6.45) is 2.29. The number of aliphatic hydroxyl groups is 1. The number of aryl methyl sites for hydroxylation is 1. The molecule has 22 heavy (non-hydrogen) atoms. The first kappa shape index (κ1) is 16.5. The van der Waals surface area contributed by atoms with Crippen LogP contribution in [0.1, 0.15) is 31.9 Å². The molecule has 0 aromatic carbocycles. The third-order valence-electron chi connectivity index (χ3n) is 3.98. The molecule has 0 saturated carbocycles. The van der Waals surface area contributed by atoms with Crippen molar-refractivity contribution in [2.24, 2.45) is 5.92 Å². The van der Waals surface area contributed by atoms with Crippen LogP contribution in [-0.2, 0) is 4.79 Å². The van der Waals surface area contributed by atoms with Crippen LogP contribution in [0.2, 0.25) is 0 Å². The zero-order valence-electron chi connectivity index (χ0n) is 13.2. The molecule has 1 aromatic heterocycles. The number of nitrogens with two attached hydrogens (primary N) is 1. The van der Waals surface area contributed by atoms with Gasteiger partial charge < -0.3 is 21.1 Å². The van der Waals surface area contributed by atoms with E-state index >= 15 is 0 Å². The smallest absolute Gasteiger partial charge is 0.224 e. The normalized spacial score (nSPS) is 21.1. The summed E-state index contributed by atoms with van der Waals surface area (Å²) in [5.41, 5.74) is 6.50. The van der Waals surface area contributed by atoms with Gasteiger partial charge in [0, 0.05) is 37.3 Å². The van der Waals surface area contributed by atoms with Crippen LogP contribution in [0, 0.1) is 12.8 Å². The van der Waals surface area contributed by atoms with Crippen LogP contribution in [0.15, 0.2) is 6.07 Å². The lowest BCUT2D eigenvalue weighted by atomic mass is 9.98. The first-order valence-corrected chi connectivity index (χ1v) is 7.79. The Balaban J connectivity index is 2.08. The maximum Gasteiger partial charge on any atom is 0.224 e. The zero-order valence-corrected chi connectivity index (χ0v) is 13.2. The van der Waals surface area contributed by atoms with E-state index in [4.69, 9.17) is 10.8 Å². The lowest BCUT2D eigenvalue weighted by Gasteiger charge is -2.19. The Morgan fingerprint density at radius 1 is 1.50 bits per heavy atom. The Labute approximate surface area is 130 Å². The number of rotatable bonds is 6. The van der Waals surface area contributed by atoms with Crippen molar-refractivity contribution in [3.05, 3.63) is 11.8 Å². The van der Waals surface area contributed by atoms with Crippen LogP contribution in [0.25, 0.3) is 0 Å². The fourth-order valence-corrected chi connectivity index (χ4v) is 3.01. The largest absolute Gasteiger partial charge is 0.396 e. The molecule has 1 aliphatic rings. The minimum atomic E-state index is -0.104. The van der Waals surface area contributed by atoms with Crippen LogP contribution in [0.4, 0.5) is 11.8 Å². The number of amides is 1. The van der Waals surface area contributed by atoms with Crippen molar-refractivity contribution in [1.82, 2.24) is 14.9 Å². The molecule has 7 heteroatoms. The van der Waals surface area contributed by atoms with Crippen molar-refractivity contribution in [1.29, 1.82) is 0 Å². The molecule has 1 aromatic rings. The summed E-state index contributed by atoms with van der Waals surface area (Å²) in [4.78, 5) is 22.1. The highest BCUT2D eigenvalue weighted by Crippen LogP contribution is 2.25. The van der Waals surface area contributed by atoms with Crippen LogP contribution >= 0.6 is 0 Å². The molecule has 2 heterocycles. The summed E-state index contributed by atoms with van der Waals surface area (Å²) in [6.45, 7) is 5.27. The Morgan fingerprint density at radius 3 is 2.91 bits per heavy atom. The monoisotopic (exact) mass is 307 g/mol. The molecule has 0 bridgehead atoms. The molecule has 1 amide bonds. The molecular formula is C15H25N5O2. The highest BCUT2D eigenvalue weighted by molar-refractivity contribution is 5.76. The Kier molecular flexibility index (Phi) is 5.54. The van der Waals surface area contributed by atoms with E-state index in [1.54, 1.807) is 0 Å². The van der Waals surface area contributed by atoms with Gasteiger partial charge in [0.25, 0.3) is 0 Å². The van der Waals surface area contributed by atoms with E-state index in [1.807, 2.05) is 17.9 Å². The second-order valence-electron chi connectivity index (χ2n) is 5.82. The van der Waals surface area contributed by atoms with Gasteiger partial charge >= 0.3 is 0 Å². The second-order valence-corrected chi connectivity index (χ2v) is 5.82. The van der Waals surface area contributed by atoms with Gasteiger partial charge in [-0.05, 0) is 19.3 Å². The molecule has 0 radical (unpaired) electrons. The van der Waals surface area contributed by atoms with Crippen LogP contribution < -0.4 is 11.1 Å². The van der Waals surface area contributed by atoms with Gasteiger partial charge in [0.1, 0.15) is 5.82 Å². The van der Waals surface area contributed by atoms with Crippen molar-refractivity contribution in [3.8, 4) is 0 Å². The number of likely N-dealkylation sites (tertiary alicyclic amines) is 1. The van der Waals surface area contributed by atoms with Gasteiger partial charge in [0.15, 0.2) is 0 Å². The van der Waals surface area contributed by atoms with Crippen molar-refractivity contribution in [3.63, 3.8) is 0 Å². The fraction of sp³-hybridized carbons (Fsp3) is 0.667. The maximum atomic E-state index is 12.0. The molecular weight excluding hydrogens is 282 g/mol. The van der Waals surface area contributed by atoms with E-state index in [2.05, 4.69) is 22.2 Å². The summed E-state index contributed by atoms with van der Waals surface area (Å²) in [5.74, 6) is 1.34. The molecule has 2 rings (SSSR count). The molecule has 1 aliphatic heterocycles. The highest BCUT2D eigenvalue weighted by Gasteiger charge is 2.34. The molecule has 7 nitrogen and oxygen atoms in total. The van der Waals surface area contributed by atoms with Gasteiger partial charge in [-0.2, -0.15) is 4.98 Å². The third-order valence-corrected chi connectivity index (χ3v) is 3.98. The minimum Gasteiger partial charge on any atom is -0.396 e. The Hall–Kier alpha value is -1.89. The molecule has 1 fully saturated rings. The summed E-state index contributed by atoms with van der Waals surface area (Å²) < 4.78 is 0. The molecule has 0 spiro atoms. The second kappa shape index (κ2) is 7.40. The average molecular weight is 307 g/mol. The van der Waals surface area contributed by atoms with Gasteiger partial charge in [-0.3, -0.25) is 4.79 Å². The minimum absolute atomic E-state index is 0.00582. The van der Waals surface area contributed by atoms with Gasteiger partial charge in [-0.1, -0.05) is 13.3 Å². The van der Waals surface area contributed by atoms with Crippen molar-refractivity contribution in [2.75, 3.05) is 30.7 Å². The van der Waals surface area contributed by atoms with Crippen LogP contribution in [0.3, 0.4) is 0 Å². The average Bonchev–Trinajstić information content (AvgIpc) is 2.81. The lowest BCUT2D eigenvalue weighted by molar-refractivity contribution is -0.130. The van der Waals surface area contributed by atoms with Crippen molar-refractivity contribution >= 4 is 17.7 Å². The summed E-state index contributed by atoms with van der Waals surface area (Å²) in [7, 11) is 0. The van der Waals surface area contributed by atoms with Gasteiger partial charge in [0.05, 0.1) is 6.61 Å². The van der Waals surface area contributed by atoms with E-state index in [-0.39, 0.29) is 30.9 Å². The lowest BCUT2D eigenvalue weighted by Crippen LogP contribution is -2.32. The van der Waals surface area contributed by atoms with Gasteiger partial charge in [-0.15, -0.1) is 0 Å². The fourth-order valence-electron chi connectivity index (χ4n) is 3.01. The van der Waals surface area contributed by atoms with E-state index < -0.39 is 0 Å². The Bertz CT molecular complexity index is 502. The first-order chi connectivity index (χ1) is 10.5.